The highest BCUT2D eigenvalue weighted by atomic mass is 16.6. The van der Waals surface area contributed by atoms with Gasteiger partial charge in [0.05, 0.1) is 10.5 Å². The van der Waals surface area contributed by atoms with E-state index in [1.165, 1.54) is 6.07 Å². The molecule has 0 aromatic heterocycles. The van der Waals surface area contributed by atoms with E-state index >= 15 is 0 Å². The van der Waals surface area contributed by atoms with E-state index in [9.17, 15) is 29.6 Å². The van der Waals surface area contributed by atoms with E-state index in [0.717, 1.165) is 17.0 Å². The Morgan fingerprint density at radius 1 is 1.00 bits per heavy atom. The number of carboxylic acids is 1. The molecule has 0 radical (unpaired) electrons. The smallest absolute Gasteiger partial charge is 0.419 e. The minimum absolute atomic E-state index is 0.00554. The molecule has 2 amide bonds. The van der Waals surface area contributed by atoms with Crippen molar-refractivity contribution < 1.29 is 33.9 Å². The van der Waals surface area contributed by atoms with Crippen LogP contribution in [0.3, 0.4) is 0 Å². The summed E-state index contributed by atoms with van der Waals surface area (Å²) in [7, 11) is 0. The van der Waals surface area contributed by atoms with Gasteiger partial charge in [0, 0.05) is 18.2 Å². The van der Waals surface area contributed by atoms with Gasteiger partial charge < -0.3 is 19.9 Å². The van der Waals surface area contributed by atoms with Gasteiger partial charge in [0.25, 0.3) is 5.69 Å². The number of hydrogen-bond acceptors (Lipinski definition) is 8. The fourth-order valence-corrected chi connectivity index (χ4v) is 2.64. The first kappa shape index (κ1) is 27.7. The number of nitro benzene ring substituents is 1. The molecule has 0 aliphatic rings. The van der Waals surface area contributed by atoms with Crippen LogP contribution in [-0.2, 0) is 9.47 Å². The van der Waals surface area contributed by atoms with Gasteiger partial charge in [-0.3, -0.25) is 10.1 Å². The summed E-state index contributed by atoms with van der Waals surface area (Å²) >= 11 is 0. The Bertz CT molecular complexity index is 885. The van der Waals surface area contributed by atoms with Crippen LogP contribution < -0.4 is 5.32 Å². The first-order chi connectivity index (χ1) is 14.8. The third-order valence-electron chi connectivity index (χ3n) is 4.10. The lowest BCUT2D eigenvalue weighted by Crippen LogP contribution is -2.46. The van der Waals surface area contributed by atoms with E-state index in [1.54, 1.807) is 55.4 Å². The van der Waals surface area contributed by atoms with Gasteiger partial charge in [-0.1, -0.05) is 0 Å². The largest absolute Gasteiger partial charge is 0.478 e. The van der Waals surface area contributed by atoms with Crippen LogP contribution in [0.2, 0.25) is 0 Å². The van der Waals surface area contributed by atoms with Crippen LogP contribution in [0.25, 0.3) is 0 Å². The molecule has 11 heteroatoms. The normalized spacial score (nSPS) is 12.0. The van der Waals surface area contributed by atoms with E-state index in [4.69, 9.17) is 9.47 Å². The molecule has 0 unspecified atom stereocenters. The summed E-state index contributed by atoms with van der Waals surface area (Å²) in [5.74, 6) is -1.23. The van der Waals surface area contributed by atoms with E-state index in [2.05, 4.69) is 5.32 Å². The van der Waals surface area contributed by atoms with Crippen molar-refractivity contribution in [1.82, 2.24) is 4.90 Å². The fraction of sp³-hybridized carbons (Fsp3) is 0.591. The number of aromatic carboxylic acids is 1. The third-order valence-corrected chi connectivity index (χ3v) is 4.10. The standard InChI is InChI=1S/C22H33N3O8/c1-20(2,3)32-18(28)24(19(29)33-21(4,5)6)12-11-22(7,8)23-15-13-14(17(26)27)9-10-16(15)25(30)31/h9-10,13,23H,11-12H2,1-8H3,(H,26,27). The zero-order chi connectivity index (χ0) is 25.8. The summed E-state index contributed by atoms with van der Waals surface area (Å²) in [6, 6.07) is 3.42. The number of carboxylic acid groups (broad SMARTS) is 1. The van der Waals surface area contributed by atoms with Crippen molar-refractivity contribution in [1.29, 1.82) is 0 Å². The number of nitrogens with one attached hydrogen (secondary N) is 1. The maximum Gasteiger partial charge on any atom is 0.419 e. The molecule has 184 valence electrons. The Labute approximate surface area is 193 Å². The molecule has 1 rings (SSSR count). The molecule has 1 aromatic rings. The van der Waals surface area contributed by atoms with Crippen LogP contribution in [0.5, 0.6) is 0 Å². The van der Waals surface area contributed by atoms with E-state index in [0.29, 0.717) is 0 Å². The first-order valence-electron chi connectivity index (χ1n) is 10.3. The summed E-state index contributed by atoms with van der Waals surface area (Å²) < 4.78 is 10.6. The molecular formula is C22H33N3O8. The molecule has 0 fully saturated rings. The molecule has 0 spiro atoms. The topological polar surface area (TPSA) is 148 Å². The molecule has 0 atom stereocenters. The van der Waals surface area contributed by atoms with E-state index in [-0.39, 0.29) is 29.9 Å². The number of anilines is 1. The Kier molecular flexibility index (Phi) is 8.43. The van der Waals surface area contributed by atoms with Crippen LogP contribution in [0.4, 0.5) is 21.0 Å². The zero-order valence-corrected chi connectivity index (χ0v) is 20.3. The molecule has 11 nitrogen and oxygen atoms in total. The fourth-order valence-electron chi connectivity index (χ4n) is 2.64. The van der Waals surface area contributed by atoms with Crippen LogP contribution in [0, 0.1) is 10.1 Å². The first-order valence-corrected chi connectivity index (χ1v) is 10.3. The molecule has 0 aliphatic carbocycles. The lowest BCUT2D eigenvalue weighted by molar-refractivity contribution is -0.384. The lowest BCUT2D eigenvalue weighted by Gasteiger charge is -2.32. The molecule has 0 saturated heterocycles. The second-order valence-electron chi connectivity index (χ2n) is 10.2. The second-order valence-corrected chi connectivity index (χ2v) is 10.2. The van der Waals surface area contributed by atoms with Crippen molar-refractivity contribution in [2.45, 2.75) is 78.6 Å². The Hall–Kier alpha value is -3.37. The molecule has 33 heavy (non-hydrogen) atoms. The number of amides is 2. The maximum atomic E-state index is 12.7. The van der Waals surface area contributed by atoms with E-state index < -0.39 is 39.8 Å². The van der Waals surface area contributed by atoms with Crippen LogP contribution in [0.15, 0.2) is 18.2 Å². The van der Waals surface area contributed by atoms with Crippen molar-refractivity contribution in [2.24, 2.45) is 0 Å². The average Bonchev–Trinajstić information content (AvgIpc) is 2.57. The van der Waals surface area contributed by atoms with Crippen molar-refractivity contribution in [3.63, 3.8) is 0 Å². The highest BCUT2D eigenvalue weighted by Gasteiger charge is 2.33. The maximum absolute atomic E-state index is 12.7. The predicted molar refractivity (Wildman–Crippen MR) is 122 cm³/mol. The number of nitro groups is 1. The average molecular weight is 468 g/mol. The van der Waals surface area contributed by atoms with Gasteiger partial charge in [-0.05, 0) is 73.9 Å². The number of carbonyl (C=O) groups excluding carboxylic acids is 2. The van der Waals surface area contributed by atoms with Crippen LogP contribution in [-0.4, -0.2) is 56.4 Å². The molecule has 2 N–H and O–H groups in total. The minimum Gasteiger partial charge on any atom is -0.478 e. The molecular weight excluding hydrogens is 434 g/mol. The number of carbonyl (C=O) groups is 3. The number of ether oxygens (including phenoxy) is 2. The number of rotatable bonds is 7. The second kappa shape index (κ2) is 10.1. The quantitative estimate of drug-likeness (QED) is 0.415. The Morgan fingerprint density at radius 3 is 1.88 bits per heavy atom. The Balaban J connectivity index is 3.13. The predicted octanol–water partition coefficient (Wildman–Crippen LogP) is 5.05. The van der Waals surface area contributed by atoms with Gasteiger partial charge >= 0.3 is 18.2 Å². The van der Waals surface area contributed by atoms with Crippen molar-refractivity contribution >= 4 is 29.5 Å². The molecule has 0 heterocycles. The van der Waals surface area contributed by atoms with Crippen molar-refractivity contribution in [3.05, 3.63) is 33.9 Å². The Morgan fingerprint density at radius 2 is 1.48 bits per heavy atom. The third kappa shape index (κ3) is 9.34. The highest BCUT2D eigenvalue weighted by molar-refractivity contribution is 5.90. The summed E-state index contributed by atoms with van der Waals surface area (Å²) in [4.78, 5) is 48.2. The summed E-state index contributed by atoms with van der Waals surface area (Å²) in [6.45, 7) is 13.3. The van der Waals surface area contributed by atoms with Gasteiger partial charge in [0.2, 0.25) is 0 Å². The van der Waals surface area contributed by atoms with Crippen molar-refractivity contribution in [2.75, 3.05) is 11.9 Å². The highest BCUT2D eigenvalue weighted by Crippen LogP contribution is 2.30. The van der Waals surface area contributed by atoms with Crippen molar-refractivity contribution in [3.8, 4) is 0 Å². The molecule has 0 saturated carbocycles. The number of imide groups is 1. The summed E-state index contributed by atoms with van der Waals surface area (Å²) in [5.41, 5.74) is -2.99. The number of nitrogens with zero attached hydrogens (tertiary/aromatic N) is 2. The summed E-state index contributed by atoms with van der Waals surface area (Å²) in [6.07, 6.45) is -1.61. The van der Waals surface area contributed by atoms with Gasteiger partial charge in [-0.25, -0.2) is 19.3 Å². The van der Waals surface area contributed by atoms with Gasteiger partial charge in [0.15, 0.2) is 0 Å². The zero-order valence-electron chi connectivity index (χ0n) is 20.3. The van der Waals surface area contributed by atoms with Crippen LogP contribution in [0.1, 0.15) is 72.2 Å². The lowest BCUT2D eigenvalue weighted by atomic mass is 9.99. The van der Waals surface area contributed by atoms with E-state index in [1.807, 2.05) is 0 Å². The number of benzene rings is 1. The molecule has 1 aromatic carbocycles. The molecule has 0 aliphatic heterocycles. The SMILES string of the molecule is CC(C)(CCN(C(=O)OC(C)(C)C)C(=O)OC(C)(C)C)Nc1cc(C(=O)O)ccc1[N+](=O)[O-]. The minimum atomic E-state index is -1.23. The van der Waals surface area contributed by atoms with Gasteiger partial charge in [-0.2, -0.15) is 0 Å². The monoisotopic (exact) mass is 467 g/mol. The van der Waals surface area contributed by atoms with Gasteiger partial charge in [-0.15, -0.1) is 0 Å². The summed E-state index contributed by atoms with van der Waals surface area (Å²) in [5, 5.41) is 23.6. The number of hydrogen-bond donors (Lipinski definition) is 2. The molecule has 0 bridgehead atoms. The van der Waals surface area contributed by atoms with Crippen LogP contribution >= 0.6 is 0 Å². The van der Waals surface area contributed by atoms with Gasteiger partial charge in [0.1, 0.15) is 16.9 Å².